The number of amides is 1. The van der Waals surface area contributed by atoms with Gasteiger partial charge in [0, 0.05) is 6.42 Å². The molecule has 3 unspecified atom stereocenters. The number of likely N-dealkylation sites (N-methyl/N-ethyl adjacent to an activating group) is 1. The first-order valence-electron chi connectivity index (χ1n) is 23.0. The lowest BCUT2D eigenvalue weighted by Gasteiger charge is -2.25. The van der Waals surface area contributed by atoms with Crippen molar-refractivity contribution in [1.29, 1.82) is 0 Å². The van der Waals surface area contributed by atoms with Gasteiger partial charge in [0.05, 0.1) is 39.9 Å². The number of hydrogen-bond acceptors (Lipinski definition) is 5. The van der Waals surface area contributed by atoms with Crippen molar-refractivity contribution < 1.29 is 32.9 Å². The van der Waals surface area contributed by atoms with Crippen LogP contribution < -0.4 is 5.32 Å². The average molecular weight is 810 g/mol. The van der Waals surface area contributed by atoms with Gasteiger partial charge in [-0.05, 0) is 70.6 Å². The Bertz CT molecular complexity index is 1050. The van der Waals surface area contributed by atoms with E-state index in [0.717, 1.165) is 57.8 Å². The van der Waals surface area contributed by atoms with Gasteiger partial charge in [0.25, 0.3) is 0 Å². The fraction of sp³-hybridized carbons (Fsp3) is 0.809. The Morgan fingerprint density at radius 1 is 0.589 bits per heavy atom. The summed E-state index contributed by atoms with van der Waals surface area (Å²) in [6.07, 6.45) is 49.0. The molecule has 0 spiro atoms. The summed E-state index contributed by atoms with van der Waals surface area (Å²) in [5.74, 6) is -0.201. The largest absolute Gasteiger partial charge is 0.472 e. The summed E-state index contributed by atoms with van der Waals surface area (Å²) in [6.45, 7) is 4.76. The number of nitrogens with one attached hydrogen (secondary N) is 1. The third-order valence-corrected chi connectivity index (χ3v) is 11.0. The normalized spacial score (nSPS) is 14.8. The summed E-state index contributed by atoms with van der Waals surface area (Å²) in [5.41, 5.74) is 0. The molecular formula is C47H90N2O6P+. The van der Waals surface area contributed by atoms with Crippen molar-refractivity contribution in [3.8, 4) is 0 Å². The van der Waals surface area contributed by atoms with Crippen molar-refractivity contribution in [3.05, 3.63) is 48.6 Å². The molecule has 0 bridgehead atoms. The summed E-state index contributed by atoms with van der Waals surface area (Å²) in [7, 11) is 1.54. The summed E-state index contributed by atoms with van der Waals surface area (Å²) >= 11 is 0. The first-order valence-corrected chi connectivity index (χ1v) is 24.5. The number of aliphatic hydroxyl groups excluding tert-OH is 1. The Hall–Kier alpha value is -1.54. The molecule has 8 nitrogen and oxygen atoms in total. The Labute approximate surface area is 346 Å². The number of rotatable bonds is 41. The predicted molar refractivity (Wildman–Crippen MR) is 240 cm³/mol. The van der Waals surface area contributed by atoms with Crippen LogP contribution in [0.15, 0.2) is 48.6 Å². The Morgan fingerprint density at radius 2 is 0.982 bits per heavy atom. The SMILES string of the molecule is CCCCCCCC/C=C/CC/C=C/CC/C=C/C(O)C(COP(=O)(O)OCC[N+](C)(C)C)NC(=O)CCCCCCC/C=C\CCCCCCCCCCC. The van der Waals surface area contributed by atoms with E-state index in [-0.39, 0.29) is 19.1 Å². The third-order valence-electron chi connectivity index (χ3n) is 10.00. The summed E-state index contributed by atoms with van der Waals surface area (Å²) in [5, 5.41) is 13.8. The van der Waals surface area contributed by atoms with E-state index >= 15 is 0 Å². The fourth-order valence-electron chi connectivity index (χ4n) is 6.30. The second-order valence-electron chi connectivity index (χ2n) is 16.8. The highest BCUT2D eigenvalue weighted by molar-refractivity contribution is 7.47. The molecule has 0 aromatic rings. The van der Waals surface area contributed by atoms with Gasteiger partial charge in [-0.15, -0.1) is 0 Å². The van der Waals surface area contributed by atoms with Gasteiger partial charge in [0.1, 0.15) is 13.2 Å². The monoisotopic (exact) mass is 810 g/mol. The standard InChI is InChI=1S/C47H89N2O6P/c1-6-8-10-12-14-16-18-20-22-24-25-27-29-31-33-35-37-39-41-47(51)48-45(44-55-56(52,53)54-43-42-49(3,4)5)46(50)40-38-36-34-32-30-28-26-23-21-19-17-15-13-11-9-7-2/h21,23,25,27,30,32,38,40,45-46,50H,6-20,22,24,26,28-29,31,33-37,39,41-44H2,1-5H3,(H-,48,51,52,53)/p+1/b23-21+,27-25-,32-30+,40-38+. The van der Waals surface area contributed by atoms with Crippen molar-refractivity contribution in [2.45, 2.75) is 206 Å². The average Bonchev–Trinajstić information content (AvgIpc) is 3.15. The first kappa shape index (κ1) is 54.5. The Kier molecular flexibility index (Phi) is 37.9. The Balaban J connectivity index is 4.49. The van der Waals surface area contributed by atoms with Crippen LogP contribution in [0.4, 0.5) is 0 Å². The molecule has 0 aromatic heterocycles. The lowest BCUT2D eigenvalue weighted by atomic mass is 10.1. The molecule has 0 heterocycles. The number of aliphatic hydroxyl groups is 1. The van der Waals surface area contributed by atoms with Crippen LogP contribution in [0.2, 0.25) is 0 Å². The van der Waals surface area contributed by atoms with Crippen LogP contribution in [0.25, 0.3) is 0 Å². The number of quaternary nitrogens is 1. The lowest BCUT2D eigenvalue weighted by molar-refractivity contribution is -0.870. The zero-order valence-electron chi connectivity index (χ0n) is 37.1. The minimum atomic E-state index is -4.35. The highest BCUT2D eigenvalue weighted by atomic mass is 31.2. The molecule has 0 radical (unpaired) electrons. The molecule has 0 aliphatic carbocycles. The highest BCUT2D eigenvalue weighted by Crippen LogP contribution is 2.43. The van der Waals surface area contributed by atoms with Gasteiger partial charge in [-0.2, -0.15) is 0 Å². The zero-order chi connectivity index (χ0) is 41.4. The van der Waals surface area contributed by atoms with Gasteiger partial charge in [-0.25, -0.2) is 4.57 Å². The van der Waals surface area contributed by atoms with Crippen LogP contribution in [0.1, 0.15) is 194 Å². The first-order chi connectivity index (χ1) is 27.0. The van der Waals surface area contributed by atoms with E-state index in [1.807, 2.05) is 27.2 Å². The molecule has 328 valence electrons. The zero-order valence-corrected chi connectivity index (χ0v) is 38.0. The maximum atomic E-state index is 12.9. The molecule has 9 heteroatoms. The molecule has 3 N–H and O–H groups in total. The number of allylic oxidation sites excluding steroid dienone is 7. The highest BCUT2D eigenvalue weighted by Gasteiger charge is 2.27. The number of carbonyl (C=O) groups excluding carboxylic acids is 1. The quantitative estimate of drug-likeness (QED) is 0.0246. The van der Waals surface area contributed by atoms with Crippen LogP contribution in [0.3, 0.4) is 0 Å². The minimum Gasteiger partial charge on any atom is -0.387 e. The van der Waals surface area contributed by atoms with Gasteiger partial charge in [-0.3, -0.25) is 13.8 Å². The van der Waals surface area contributed by atoms with Crippen LogP contribution in [-0.2, 0) is 18.4 Å². The van der Waals surface area contributed by atoms with E-state index in [2.05, 4.69) is 55.6 Å². The smallest absolute Gasteiger partial charge is 0.387 e. The molecule has 0 rings (SSSR count). The van der Waals surface area contributed by atoms with E-state index in [9.17, 15) is 19.4 Å². The van der Waals surface area contributed by atoms with Crippen molar-refractivity contribution in [2.75, 3.05) is 40.9 Å². The molecule has 0 saturated heterocycles. The molecule has 1 amide bonds. The number of nitrogens with zero attached hydrogens (tertiary/aromatic N) is 1. The van der Waals surface area contributed by atoms with Gasteiger partial charge >= 0.3 is 7.82 Å². The second kappa shape index (κ2) is 38.9. The minimum absolute atomic E-state index is 0.0510. The number of carbonyl (C=O) groups is 1. The van der Waals surface area contributed by atoms with Gasteiger partial charge in [-0.1, -0.05) is 165 Å². The van der Waals surface area contributed by atoms with Crippen LogP contribution in [0.5, 0.6) is 0 Å². The van der Waals surface area contributed by atoms with E-state index in [1.54, 1.807) is 6.08 Å². The topological polar surface area (TPSA) is 105 Å². The molecule has 0 aromatic carbocycles. The Morgan fingerprint density at radius 3 is 1.43 bits per heavy atom. The van der Waals surface area contributed by atoms with Crippen LogP contribution in [-0.4, -0.2) is 73.4 Å². The van der Waals surface area contributed by atoms with Crippen molar-refractivity contribution in [2.24, 2.45) is 0 Å². The maximum Gasteiger partial charge on any atom is 0.472 e. The molecule has 0 fully saturated rings. The number of unbranched alkanes of at least 4 members (excludes halogenated alkanes) is 22. The summed E-state index contributed by atoms with van der Waals surface area (Å²) < 4.78 is 23.5. The fourth-order valence-corrected chi connectivity index (χ4v) is 7.04. The molecular weight excluding hydrogens is 719 g/mol. The van der Waals surface area contributed by atoms with Gasteiger partial charge in [0.2, 0.25) is 5.91 Å². The second-order valence-corrected chi connectivity index (χ2v) is 18.2. The number of hydrogen-bond donors (Lipinski definition) is 3. The number of phosphoric ester groups is 1. The van der Waals surface area contributed by atoms with E-state index in [0.29, 0.717) is 17.4 Å². The van der Waals surface area contributed by atoms with E-state index < -0.39 is 20.0 Å². The molecule has 0 aliphatic heterocycles. The van der Waals surface area contributed by atoms with Crippen LogP contribution >= 0.6 is 7.82 Å². The molecule has 0 aliphatic rings. The van der Waals surface area contributed by atoms with Crippen LogP contribution in [0, 0.1) is 0 Å². The maximum absolute atomic E-state index is 12.9. The van der Waals surface area contributed by atoms with Crippen molar-refractivity contribution in [1.82, 2.24) is 5.32 Å². The van der Waals surface area contributed by atoms with E-state index in [1.165, 1.54) is 116 Å². The molecule has 56 heavy (non-hydrogen) atoms. The third kappa shape index (κ3) is 40.6. The van der Waals surface area contributed by atoms with Crippen molar-refractivity contribution >= 4 is 13.7 Å². The predicted octanol–water partition coefficient (Wildman–Crippen LogP) is 12.9. The van der Waals surface area contributed by atoms with E-state index in [4.69, 9.17) is 9.05 Å². The summed E-state index contributed by atoms with van der Waals surface area (Å²) in [4.78, 5) is 23.1. The molecule has 0 saturated carbocycles. The molecule has 3 atom stereocenters. The summed E-state index contributed by atoms with van der Waals surface area (Å²) in [6, 6.07) is -0.873. The van der Waals surface area contributed by atoms with Crippen molar-refractivity contribution in [3.63, 3.8) is 0 Å². The number of phosphoric acid groups is 1. The van der Waals surface area contributed by atoms with Gasteiger partial charge in [0.15, 0.2) is 0 Å². The van der Waals surface area contributed by atoms with Gasteiger partial charge < -0.3 is 19.8 Å². The lowest BCUT2D eigenvalue weighted by Crippen LogP contribution is -2.45.